The predicted octanol–water partition coefficient (Wildman–Crippen LogP) is 4.41. The first-order valence-corrected chi connectivity index (χ1v) is 11.1. The molecule has 3 atom stereocenters. The van der Waals surface area contributed by atoms with Gasteiger partial charge in [0.15, 0.2) is 12.4 Å². The van der Waals surface area contributed by atoms with Crippen LogP contribution >= 0.6 is 15.9 Å². The van der Waals surface area contributed by atoms with Crippen LogP contribution in [-0.4, -0.2) is 30.2 Å². The van der Waals surface area contributed by atoms with Crippen molar-refractivity contribution in [2.45, 2.75) is 26.2 Å². The van der Waals surface area contributed by atoms with Gasteiger partial charge < -0.3 is 4.74 Å². The van der Waals surface area contributed by atoms with Crippen LogP contribution in [0.4, 0.5) is 5.69 Å². The number of anilines is 1. The zero-order valence-corrected chi connectivity index (χ0v) is 18.6. The van der Waals surface area contributed by atoms with Crippen LogP contribution in [0.1, 0.15) is 46.9 Å². The smallest absolute Gasteiger partial charge is 0.338 e. The van der Waals surface area contributed by atoms with Gasteiger partial charge in [0.05, 0.1) is 23.1 Å². The van der Waals surface area contributed by atoms with E-state index in [2.05, 4.69) is 22.9 Å². The van der Waals surface area contributed by atoms with E-state index in [1.54, 1.807) is 36.4 Å². The van der Waals surface area contributed by atoms with Crippen molar-refractivity contribution in [2.24, 2.45) is 17.8 Å². The fraction of sp³-hybridized carbons (Fsp3) is 0.333. The Labute approximate surface area is 188 Å². The summed E-state index contributed by atoms with van der Waals surface area (Å²) in [4.78, 5) is 51.7. The highest BCUT2D eigenvalue weighted by Gasteiger charge is 2.50. The number of carbonyl (C=O) groups excluding carboxylic acids is 4. The van der Waals surface area contributed by atoms with E-state index in [-0.39, 0.29) is 35.0 Å². The van der Waals surface area contributed by atoms with Gasteiger partial charge in [-0.05, 0) is 55.5 Å². The fourth-order valence-corrected chi connectivity index (χ4v) is 4.61. The molecular formula is C24H22BrNO5. The highest BCUT2D eigenvalue weighted by atomic mass is 79.9. The number of ether oxygens (including phenoxy) is 1. The summed E-state index contributed by atoms with van der Waals surface area (Å²) in [5.74, 6) is -1.53. The molecule has 4 rings (SSSR count). The van der Waals surface area contributed by atoms with Crippen molar-refractivity contribution < 1.29 is 23.9 Å². The maximum absolute atomic E-state index is 12.9. The monoisotopic (exact) mass is 483 g/mol. The van der Waals surface area contributed by atoms with E-state index >= 15 is 0 Å². The number of ketones is 1. The summed E-state index contributed by atoms with van der Waals surface area (Å²) in [6.45, 7) is 1.71. The molecule has 1 aliphatic heterocycles. The normalized spacial score (nSPS) is 22.9. The van der Waals surface area contributed by atoms with Crippen molar-refractivity contribution in [1.29, 1.82) is 0 Å². The lowest BCUT2D eigenvalue weighted by Crippen LogP contribution is -2.31. The molecule has 0 radical (unpaired) electrons. The summed E-state index contributed by atoms with van der Waals surface area (Å²) in [6.07, 6.45) is 2.37. The van der Waals surface area contributed by atoms with E-state index in [1.807, 2.05) is 0 Å². The summed E-state index contributed by atoms with van der Waals surface area (Å²) in [5, 5.41) is 0. The number of benzene rings is 2. The summed E-state index contributed by atoms with van der Waals surface area (Å²) in [6, 6.07) is 13.0. The maximum atomic E-state index is 12.9. The van der Waals surface area contributed by atoms with Crippen molar-refractivity contribution in [1.82, 2.24) is 0 Å². The fourth-order valence-electron chi connectivity index (χ4n) is 4.35. The van der Waals surface area contributed by atoms with E-state index < -0.39 is 12.6 Å². The maximum Gasteiger partial charge on any atom is 0.338 e. The quantitative estimate of drug-likeness (QED) is 0.357. The molecule has 0 bridgehead atoms. The number of amides is 2. The number of hydrogen-bond acceptors (Lipinski definition) is 5. The van der Waals surface area contributed by atoms with Gasteiger partial charge in [-0.2, -0.15) is 0 Å². The lowest BCUT2D eigenvalue weighted by atomic mass is 9.76. The highest BCUT2D eigenvalue weighted by Crippen LogP contribution is 2.42. The van der Waals surface area contributed by atoms with Crippen LogP contribution in [0.25, 0.3) is 0 Å². The molecule has 2 aliphatic rings. The van der Waals surface area contributed by atoms with Crippen LogP contribution in [-0.2, 0) is 14.3 Å². The van der Waals surface area contributed by atoms with Gasteiger partial charge in [0, 0.05) is 10.0 Å². The zero-order chi connectivity index (χ0) is 22.1. The number of imide groups is 1. The van der Waals surface area contributed by atoms with Crippen molar-refractivity contribution in [3.05, 3.63) is 64.1 Å². The highest BCUT2D eigenvalue weighted by molar-refractivity contribution is 9.10. The number of carbonyl (C=O) groups is 4. The zero-order valence-electron chi connectivity index (χ0n) is 17.0. The Balaban J connectivity index is 1.46. The number of Topliss-reactive ketones (excluding diaryl/α,β-unsaturated/α-hetero) is 1. The molecule has 7 heteroatoms. The number of hydrogen-bond donors (Lipinski definition) is 0. The molecule has 6 nitrogen and oxygen atoms in total. The average Bonchev–Trinajstić information content (AvgIpc) is 3.01. The average molecular weight is 484 g/mol. The second-order valence-corrected chi connectivity index (χ2v) is 9.12. The van der Waals surface area contributed by atoms with Crippen LogP contribution < -0.4 is 4.90 Å². The van der Waals surface area contributed by atoms with Crippen LogP contribution in [0.2, 0.25) is 0 Å². The molecular weight excluding hydrogens is 462 g/mol. The number of rotatable bonds is 5. The van der Waals surface area contributed by atoms with Gasteiger partial charge >= 0.3 is 5.97 Å². The molecule has 0 unspecified atom stereocenters. The molecule has 2 fully saturated rings. The molecule has 1 aliphatic carbocycles. The Morgan fingerprint density at radius 2 is 1.71 bits per heavy atom. The summed E-state index contributed by atoms with van der Waals surface area (Å²) in [5.41, 5.74) is 0.991. The number of halogens is 1. The van der Waals surface area contributed by atoms with Gasteiger partial charge in [0.1, 0.15) is 0 Å². The Bertz CT molecular complexity index is 1050. The SMILES string of the molecule is C[C@H]1CC[C@H]2C(=O)N(c3cccc(C(=O)OCC(=O)c4ccc(Br)cc4)c3)C(=O)[C@@H]2C1. The van der Waals surface area contributed by atoms with Crippen LogP contribution in [0, 0.1) is 17.8 Å². The first-order chi connectivity index (χ1) is 14.8. The third-order valence-electron chi connectivity index (χ3n) is 6.03. The third-order valence-corrected chi connectivity index (χ3v) is 6.56. The molecule has 1 heterocycles. The topological polar surface area (TPSA) is 80.8 Å². The second kappa shape index (κ2) is 8.75. The molecule has 1 saturated heterocycles. The largest absolute Gasteiger partial charge is 0.454 e. The Morgan fingerprint density at radius 3 is 2.45 bits per heavy atom. The molecule has 31 heavy (non-hydrogen) atoms. The van der Waals surface area contributed by atoms with Crippen molar-refractivity contribution in [3.8, 4) is 0 Å². The predicted molar refractivity (Wildman–Crippen MR) is 118 cm³/mol. The van der Waals surface area contributed by atoms with Crippen LogP contribution in [0.3, 0.4) is 0 Å². The molecule has 0 aromatic heterocycles. The second-order valence-electron chi connectivity index (χ2n) is 8.20. The lowest BCUT2D eigenvalue weighted by Gasteiger charge is -2.25. The van der Waals surface area contributed by atoms with Crippen LogP contribution in [0.5, 0.6) is 0 Å². The summed E-state index contributed by atoms with van der Waals surface area (Å²) < 4.78 is 6.01. The van der Waals surface area contributed by atoms with E-state index in [9.17, 15) is 19.2 Å². The van der Waals surface area contributed by atoms with Gasteiger partial charge in [-0.25, -0.2) is 4.79 Å². The van der Waals surface area contributed by atoms with Crippen molar-refractivity contribution in [3.63, 3.8) is 0 Å². The molecule has 0 N–H and O–H groups in total. The van der Waals surface area contributed by atoms with Gasteiger partial charge in [0.25, 0.3) is 0 Å². The molecule has 160 valence electrons. The molecule has 2 amide bonds. The molecule has 0 spiro atoms. The van der Waals surface area contributed by atoms with Crippen LogP contribution in [0.15, 0.2) is 53.0 Å². The van der Waals surface area contributed by atoms with Crippen molar-refractivity contribution >= 4 is 45.2 Å². The lowest BCUT2D eigenvalue weighted by molar-refractivity contribution is -0.122. The number of nitrogens with zero attached hydrogens (tertiary/aromatic N) is 1. The Morgan fingerprint density at radius 1 is 1.00 bits per heavy atom. The summed E-state index contributed by atoms with van der Waals surface area (Å²) in [7, 11) is 0. The van der Waals surface area contributed by atoms with Gasteiger partial charge in [-0.3, -0.25) is 19.3 Å². The van der Waals surface area contributed by atoms with Gasteiger partial charge in [0.2, 0.25) is 11.8 Å². The molecule has 1 saturated carbocycles. The van der Waals surface area contributed by atoms with Crippen molar-refractivity contribution in [2.75, 3.05) is 11.5 Å². The minimum Gasteiger partial charge on any atom is -0.454 e. The van der Waals surface area contributed by atoms with Gasteiger partial charge in [-0.15, -0.1) is 0 Å². The Hall–Kier alpha value is -2.80. The van der Waals surface area contributed by atoms with Gasteiger partial charge in [-0.1, -0.05) is 41.1 Å². The first-order valence-electron chi connectivity index (χ1n) is 10.3. The minimum absolute atomic E-state index is 0.185. The number of esters is 1. The molecule has 2 aromatic rings. The standard InChI is InChI=1S/C24H22BrNO5/c1-14-5-10-19-20(11-14)23(29)26(22(19)28)18-4-2-3-16(12-18)24(30)31-13-21(27)15-6-8-17(25)9-7-15/h2-4,6-9,12,14,19-20H,5,10-11,13H2,1H3/t14-,19+,20+/m0/s1. The Kier molecular flexibility index (Phi) is 6.05. The van der Waals surface area contributed by atoms with E-state index in [0.717, 1.165) is 10.9 Å². The first kappa shape index (κ1) is 21.4. The van der Waals surface area contributed by atoms with E-state index in [4.69, 9.17) is 4.74 Å². The van der Waals surface area contributed by atoms with E-state index in [0.29, 0.717) is 30.0 Å². The third kappa shape index (κ3) is 4.32. The minimum atomic E-state index is -0.683. The molecule has 2 aromatic carbocycles. The van der Waals surface area contributed by atoms with E-state index in [1.165, 1.54) is 17.0 Å². The summed E-state index contributed by atoms with van der Waals surface area (Å²) >= 11 is 3.30. The number of fused-ring (bicyclic) bond motifs is 1.